The summed E-state index contributed by atoms with van der Waals surface area (Å²) >= 11 is 1.73. The summed E-state index contributed by atoms with van der Waals surface area (Å²) in [6, 6.07) is 0. The largest absolute Gasteiger partial charge is 0.330 e. The summed E-state index contributed by atoms with van der Waals surface area (Å²) in [6.45, 7) is 2.93. The third-order valence-corrected chi connectivity index (χ3v) is 3.38. The number of hydrogen-bond donors (Lipinski definition) is 1. The van der Waals surface area contributed by atoms with Crippen LogP contribution >= 0.6 is 11.3 Å². The van der Waals surface area contributed by atoms with Crippen molar-refractivity contribution >= 4 is 11.3 Å². The van der Waals surface area contributed by atoms with Gasteiger partial charge in [0.25, 0.3) is 0 Å². The van der Waals surface area contributed by atoms with Crippen molar-refractivity contribution < 1.29 is 0 Å². The molecule has 2 atom stereocenters. The molecule has 1 aliphatic rings. The molecule has 3 nitrogen and oxygen atoms in total. The van der Waals surface area contributed by atoms with Crippen LogP contribution in [0.25, 0.3) is 0 Å². The molecule has 1 aromatic rings. The highest BCUT2D eigenvalue weighted by Gasteiger charge is 2.36. The van der Waals surface area contributed by atoms with Gasteiger partial charge in [0.05, 0.1) is 0 Å². The summed E-state index contributed by atoms with van der Waals surface area (Å²) in [4.78, 5) is 0. The molecule has 1 aliphatic carbocycles. The van der Waals surface area contributed by atoms with E-state index in [4.69, 9.17) is 5.73 Å². The van der Waals surface area contributed by atoms with Crippen molar-refractivity contribution in [2.45, 2.75) is 25.7 Å². The second-order valence-corrected chi connectivity index (χ2v) is 4.49. The first kappa shape index (κ1) is 8.13. The predicted molar refractivity (Wildman–Crippen MR) is 49.2 cm³/mol. The average Bonchev–Trinajstić information content (AvgIpc) is 2.62. The third-order valence-electron chi connectivity index (χ3n) is 2.27. The van der Waals surface area contributed by atoms with Gasteiger partial charge in [-0.15, -0.1) is 21.5 Å². The number of rotatable bonds is 3. The van der Waals surface area contributed by atoms with E-state index in [0.29, 0.717) is 12.5 Å². The molecule has 0 bridgehead atoms. The minimum absolute atomic E-state index is 0.675. The summed E-state index contributed by atoms with van der Waals surface area (Å²) in [5.41, 5.74) is 5.43. The van der Waals surface area contributed by atoms with Crippen molar-refractivity contribution in [1.29, 1.82) is 0 Å². The first-order valence-corrected chi connectivity index (χ1v) is 5.15. The van der Waals surface area contributed by atoms with Gasteiger partial charge in [0.15, 0.2) is 0 Å². The Labute approximate surface area is 76.0 Å². The highest BCUT2D eigenvalue weighted by Crippen LogP contribution is 2.47. The zero-order chi connectivity index (χ0) is 8.55. The lowest BCUT2D eigenvalue weighted by atomic mass is 10.4. The van der Waals surface area contributed by atoms with Crippen LogP contribution in [0.3, 0.4) is 0 Å². The summed E-state index contributed by atoms with van der Waals surface area (Å²) in [7, 11) is 0. The van der Waals surface area contributed by atoms with Crippen LogP contribution in [-0.2, 0) is 6.42 Å². The van der Waals surface area contributed by atoms with Crippen LogP contribution in [0.1, 0.15) is 29.3 Å². The van der Waals surface area contributed by atoms with Gasteiger partial charge in [-0.25, -0.2) is 0 Å². The minimum Gasteiger partial charge on any atom is -0.330 e. The maximum atomic E-state index is 5.43. The quantitative estimate of drug-likeness (QED) is 0.765. The molecule has 0 saturated heterocycles. The Morgan fingerprint density at radius 3 is 2.92 bits per heavy atom. The van der Waals surface area contributed by atoms with Crippen molar-refractivity contribution in [3.63, 3.8) is 0 Å². The molecule has 1 fully saturated rings. The number of aromatic nitrogens is 2. The highest BCUT2D eigenvalue weighted by atomic mass is 32.1. The van der Waals surface area contributed by atoms with Crippen LogP contribution in [0.4, 0.5) is 0 Å². The van der Waals surface area contributed by atoms with Crippen LogP contribution in [-0.4, -0.2) is 16.7 Å². The molecule has 2 N–H and O–H groups in total. The standard InChI is InChI=1S/C8H13N3S/c1-5-4-6(5)8-11-10-7(12-8)2-3-9/h5-6H,2-4,9H2,1H3. The van der Waals surface area contributed by atoms with Crippen molar-refractivity contribution in [1.82, 2.24) is 10.2 Å². The lowest BCUT2D eigenvalue weighted by molar-refractivity contribution is 0.860. The van der Waals surface area contributed by atoms with Gasteiger partial charge in [0, 0.05) is 12.3 Å². The van der Waals surface area contributed by atoms with E-state index in [2.05, 4.69) is 17.1 Å². The fraction of sp³-hybridized carbons (Fsp3) is 0.750. The Balaban J connectivity index is 2.04. The van der Waals surface area contributed by atoms with Gasteiger partial charge in [0.2, 0.25) is 0 Å². The monoisotopic (exact) mass is 183 g/mol. The molecule has 1 aromatic heterocycles. The molecule has 1 saturated carbocycles. The van der Waals surface area contributed by atoms with E-state index in [-0.39, 0.29) is 0 Å². The van der Waals surface area contributed by atoms with Crippen molar-refractivity contribution in [3.8, 4) is 0 Å². The highest BCUT2D eigenvalue weighted by molar-refractivity contribution is 7.11. The number of nitrogens with zero attached hydrogens (tertiary/aromatic N) is 2. The van der Waals surface area contributed by atoms with Crippen LogP contribution in [0, 0.1) is 5.92 Å². The summed E-state index contributed by atoms with van der Waals surface area (Å²) < 4.78 is 0. The third kappa shape index (κ3) is 1.49. The maximum Gasteiger partial charge on any atom is 0.120 e. The second-order valence-electron chi connectivity index (χ2n) is 3.39. The molecular formula is C8H13N3S. The lowest BCUT2D eigenvalue weighted by Gasteiger charge is -1.86. The Morgan fingerprint density at radius 1 is 1.58 bits per heavy atom. The molecule has 0 aromatic carbocycles. The van der Waals surface area contributed by atoms with E-state index < -0.39 is 0 Å². The lowest BCUT2D eigenvalue weighted by Crippen LogP contribution is -2.01. The van der Waals surface area contributed by atoms with Crippen molar-refractivity contribution in [2.75, 3.05) is 6.54 Å². The SMILES string of the molecule is CC1CC1c1nnc(CCN)s1. The molecule has 4 heteroatoms. The summed E-state index contributed by atoms with van der Waals surface area (Å²) in [6.07, 6.45) is 2.16. The van der Waals surface area contributed by atoms with Gasteiger partial charge < -0.3 is 5.73 Å². The Morgan fingerprint density at radius 2 is 2.33 bits per heavy atom. The molecule has 0 radical (unpaired) electrons. The van der Waals surface area contributed by atoms with Crippen molar-refractivity contribution in [3.05, 3.63) is 10.0 Å². The van der Waals surface area contributed by atoms with Gasteiger partial charge in [-0.3, -0.25) is 0 Å². The number of hydrogen-bond acceptors (Lipinski definition) is 4. The van der Waals surface area contributed by atoms with Gasteiger partial charge in [-0.2, -0.15) is 0 Å². The molecule has 0 amide bonds. The van der Waals surface area contributed by atoms with Crippen LogP contribution < -0.4 is 5.73 Å². The van der Waals surface area contributed by atoms with Gasteiger partial charge in [-0.1, -0.05) is 6.92 Å². The first-order valence-electron chi connectivity index (χ1n) is 4.33. The fourth-order valence-corrected chi connectivity index (χ4v) is 2.41. The fourth-order valence-electron chi connectivity index (χ4n) is 1.31. The minimum atomic E-state index is 0.675. The Hall–Kier alpha value is -0.480. The Kier molecular flexibility index (Phi) is 2.11. The zero-order valence-corrected chi connectivity index (χ0v) is 7.97. The zero-order valence-electron chi connectivity index (χ0n) is 7.16. The van der Waals surface area contributed by atoms with Crippen LogP contribution in [0.2, 0.25) is 0 Å². The first-order chi connectivity index (χ1) is 5.81. The van der Waals surface area contributed by atoms with E-state index in [1.165, 1.54) is 11.4 Å². The molecule has 0 aliphatic heterocycles. The van der Waals surface area contributed by atoms with E-state index in [9.17, 15) is 0 Å². The van der Waals surface area contributed by atoms with Crippen LogP contribution in [0.15, 0.2) is 0 Å². The molecule has 2 rings (SSSR count). The predicted octanol–water partition coefficient (Wildman–Crippen LogP) is 1.16. The number of nitrogens with two attached hydrogens (primary N) is 1. The molecule has 0 spiro atoms. The summed E-state index contributed by atoms with van der Waals surface area (Å²) in [5.74, 6) is 1.53. The smallest absolute Gasteiger partial charge is 0.120 e. The van der Waals surface area contributed by atoms with Gasteiger partial charge in [0.1, 0.15) is 10.0 Å². The molecule has 12 heavy (non-hydrogen) atoms. The Bertz CT molecular complexity index is 271. The van der Waals surface area contributed by atoms with E-state index in [0.717, 1.165) is 17.3 Å². The summed E-state index contributed by atoms with van der Waals surface area (Å²) in [5, 5.41) is 10.6. The normalized spacial score (nSPS) is 27.5. The second kappa shape index (κ2) is 3.11. The van der Waals surface area contributed by atoms with Crippen LogP contribution in [0.5, 0.6) is 0 Å². The molecule has 1 heterocycles. The van der Waals surface area contributed by atoms with Gasteiger partial charge >= 0.3 is 0 Å². The van der Waals surface area contributed by atoms with Crippen molar-refractivity contribution in [2.24, 2.45) is 11.7 Å². The van der Waals surface area contributed by atoms with E-state index in [1.807, 2.05) is 0 Å². The van der Waals surface area contributed by atoms with E-state index in [1.54, 1.807) is 11.3 Å². The molecule has 66 valence electrons. The molecular weight excluding hydrogens is 170 g/mol. The van der Waals surface area contributed by atoms with E-state index >= 15 is 0 Å². The maximum absolute atomic E-state index is 5.43. The molecule has 2 unspecified atom stereocenters. The average molecular weight is 183 g/mol. The van der Waals surface area contributed by atoms with Gasteiger partial charge in [-0.05, 0) is 18.9 Å². The topological polar surface area (TPSA) is 51.8 Å².